The lowest BCUT2D eigenvalue weighted by Gasteiger charge is -2.34. The van der Waals surface area contributed by atoms with Crippen molar-refractivity contribution in [3.05, 3.63) is 83.4 Å². The molecule has 1 heterocycles. The second-order valence-electron chi connectivity index (χ2n) is 7.94. The van der Waals surface area contributed by atoms with E-state index in [2.05, 4.69) is 29.6 Å². The van der Waals surface area contributed by atoms with Crippen molar-refractivity contribution < 1.29 is 22.7 Å². The smallest absolute Gasteiger partial charge is 0.378 e. The summed E-state index contributed by atoms with van der Waals surface area (Å²) >= 11 is 0. The van der Waals surface area contributed by atoms with E-state index in [9.17, 15) is 18.0 Å². The minimum Gasteiger partial charge on any atom is -0.378 e. The zero-order valence-electron chi connectivity index (χ0n) is 17.6. The van der Waals surface area contributed by atoms with Crippen molar-refractivity contribution in [2.24, 2.45) is 0 Å². The lowest BCUT2D eigenvalue weighted by molar-refractivity contribution is -0.138. The molecule has 1 aliphatic rings. The summed E-state index contributed by atoms with van der Waals surface area (Å²) in [6, 6.07) is 19.0. The van der Waals surface area contributed by atoms with Gasteiger partial charge in [0.2, 0.25) is 5.91 Å². The zero-order valence-corrected chi connectivity index (χ0v) is 17.6. The summed E-state index contributed by atoms with van der Waals surface area (Å²) in [5, 5.41) is 5.30. The first kappa shape index (κ1) is 22.3. The number of fused-ring (bicyclic) bond motifs is 1. The maximum atomic E-state index is 13.0. The Morgan fingerprint density at radius 3 is 2.69 bits per heavy atom. The number of alkyl halides is 3. The van der Waals surface area contributed by atoms with Gasteiger partial charge in [0.05, 0.1) is 18.8 Å². The molecule has 3 aromatic carbocycles. The molecule has 1 aliphatic heterocycles. The maximum absolute atomic E-state index is 13.0. The number of halogens is 3. The fraction of sp³-hybridized carbons (Fsp3) is 0.320. The highest BCUT2D eigenvalue weighted by atomic mass is 19.4. The van der Waals surface area contributed by atoms with Crippen molar-refractivity contribution in [2.45, 2.75) is 25.2 Å². The molecule has 1 fully saturated rings. The fourth-order valence-corrected chi connectivity index (χ4v) is 4.10. The van der Waals surface area contributed by atoms with Gasteiger partial charge in [0.25, 0.3) is 0 Å². The quantitative estimate of drug-likeness (QED) is 0.615. The van der Waals surface area contributed by atoms with Crippen LogP contribution in [0.4, 0.5) is 13.2 Å². The van der Waals surface area contributed by atoms with Crippen LogP contribution in [0.5, 0.6) is 0 Å². The number of rotatable bonds is 6. The molecule has 1 unspecified atom stereocenters. The second-order valence-corrected chi connectivity index (χ2v) is 7.94. The third-order valence-electron chi connectivity index (χ3n) is 5.76. The first-order valence-corrected chi connectivity index (χ1v) is 10.6. The molecule has 3 aromatic rings. The van der Waals surface area contributed by atoms with E-state index in [1.54, 1.807) is 6.07 Å². The normalized spacial score (nSPS) is 17.4. The standard InChI is InChI=1S/C25H25F3N2O2/c26-25(27,28)21-9-3-5-18(15-21)16-30-13-14-32-17-23(30)24(31)29-12-11-20-8-4-7-19-6-1-2-10-22(19)20/h1-10,15,23H,11-14,16-17H2,(H,29,31). The van der Waals surface area contributed by atoms with Crippen LogP contribution < -0.4 is 5.32 Å². The number of carbonyl (C=O) groups is 1. The molecule has 4 rings (SSSR count). The number of benzene rings is 3. The van der Waals surface area contributed by atoms with Crippen LogP contribution in [0.1, 0.15) is 16.7 Å². The van der Waals surface area contributed by atoms with Gasteiger partial charge in [-0.2, -0.15) is 13.2 Å². The monoisotopic (exact) mass is 442 g/mol. The Kier molecular flexibility index (Phi) is 6.77. The number of morpholine rings is 1. The fourth-order valence-electron chi connectivity index (χ4n) is 4.10. The Morgan fingerprint density at radius 1 is 1.06 bits per heavy atom. The molecule has 1 amide bonds. The molecule has 32 heavy (non-hydrogen) atoms. The summed E-state index contributed by atoms with van der Waals surface area (Å²) in [7, 11) is 0. The molecule has 4 nitrogen and oxygen atoms in total. The Labute approximate surface area is 185 Å². The minimum absolute atomic E-state index is 0.170. The highest BCUT2D eigenvalue weighted by Gasteiger charge is 2.32. The average molecular weight is 442 g/mol. The summed E-state index contributed by atoms with van der Waals surface area (Å²) in [6.07, 6.45) is -3.70. The molecule has 1 N–H and O–H groups in total. The Morgan fingerprint density at radius 2 is 1.84 bits per heavy atom. The van der Waals surface area contributed by atoms with Crippen LogP contribution in [0.2, 0.25) is 0 Å². The lowest BCUT2D eigenvalue weighted by Crippen LogP contribution is -2.53. The summed E-state index contributed by atoms with van der Waals surface area (Å²) in [4.78, 5) is 14.7. The van der Waals surface area contributed by atoms with Gasteiger partial charge < -0.3 is 10.1 Å². The van der Waals surface area contributed by atoms with Gasteiger partial charge in [-0.25, -0.2) is 0 Å². The number of ether oxygens (including phenoxy) is 1. The molecule has 0 aliphatic carbocycles. The van der Waals surface area contributed by atoms with Crippen LogP contribution in [-0.2, 0) is 28.7 Å². The van der Waals surface area contributed by atoms with Gasteiger partial charge in [0, 0.05) is 19.6 Å². The van der Waals surface area contributed by atoms with Gasteiger partial charge >= 0.3 is 6.18 Å². The summed E-state index contributed by atoms with van der Waals surface area (Å²) in [5.74, 6) is -0.170. The van der Waals surface area contributed by atoms with Crippen LogP contribution >= 0.6 is 0 Å². The first-order valence-electron chi connectivity index (χ1n) is 10.6. The summed E-state index contributed by atoms with van der Waals surface area (Å²) in [5.41, 5.74) is 0.999. The van der Waals surface area contributed by atoms with Gasteiger partial charge in [0.1, 0.15) is 6.04 Å². The molecule has 1 saturated heterocycles. The van der Waals surface area contributed by atoms with Gasteiger partial charge in [0.15, 0.2) is 0 Å². The minimum atomic E-state index is -4.39. The van der Waals surface area contributed by atoms with Crippen molar-refractivity contribution in [3.8, 4) is 0 Å². The van der Waals surface area contributed by atoms with Crippen molar-refractivity contribution in [3.63, 3.8) is 0 Å². The number of carbonyl (C=O) groups excluding carboxylic acids is 1. The number of amides is 1. The van der Waals surface area contributed by atoms with Crippen molar-refractivity contribution in [2.75, 3.05) is 26.3 Å². The maximum Gasteiger partial charge on any atom is 0.416 e. The van der Waals surface area contributed by atoms with E-state index >= 15 is 0 Å². The Balaban J connectivity index is 1.38. The summed E-state index contributed by atoms with van der Waals surface area (Å²) in [6.45, 7) is 1.88. The molecule has 0 spiro atoms. The molecule has 0 radical (unpaired) electrons. The van der Waals surface area contributed by atoms with Crippen LogP contribution in [0.25, 0.3) is 10.8 Å². The number of nitrogens with zero attached hydrogens (tertiary/aromatic N) is 1. The average Bonchev–Trinajstić information content (AvgIpc) is 2.79. The van der Waals surface area contributed by atoms with Crippen molar-refractivity contribution >= 4 is 16.7 Å². The summed E-state index contributed by atoms with van der Waals surface area (Å²) < 4.78 is 44.6. The SMILES string of the molecule is O=C(NCCc1cccc2ccccc12)C1COCCN1Cc1cccc(C(F)(F)F)c1. The van der Waals surface area contributed by atoms with Gasteiger partial charge in [-0.15, -0.1) is 0 Å². The Hall–Kier alpha value is -2.90. The molecule has 168 valence electrons. The van der Waals surface area contributed by atoms with Gasteiger partial charge in [-0.1, -0.05) is 60.7 Å². The van der Waals surface area contributed by atoms with E-state index in [1.807, 2.05) is 23.1 Å². The predicted octanol–water partition coefficient (Wildman–Crippen LogP) is 4.42. The first-order chi connectivity index (χ1) is 15.4. The largest absolute Gasteiger partial charge is 0.416 e. The predicted molar refractivity (Wildman–Crippen MR) is 117 cm³/mol. The van der Waals surface area contributed by atoms with Crippen molar-refractivity contribution in [1.82, 2.24) is 10.2 Å². The topological polar surface area (TPSA) is 41.6 Å². The third-order valence-corrected chi connectivity index (χ3v) is 5.76. The van der Waals surface area contributed by atoms with E-state index < -0.39 is 17.8 Å². The van der Waals surface area contributed by atoms with Crippen LogP contribution in [0.15, 0.2) is 66.7 Å². The van der Waals surface area contributed by atoms with E-state index in [-0.39, 0.29) is 19.1 Å². The zero-order chi connectivity index (χ0) is 22.6. The Bertz CT molecular complexity index is 1080. The molecular weight excluding hydrogens is 417 g/mol. The van der Waals surface area contributed by atoms with Crippen LogP contribution in [0.3, 0.4) is 0 Å². The molecule has 1 atom stereocenters. The van der Waals surface area contributed by atoms with Crippen LogP contribution in [-0.4, -0.2) is 43.2 Å². The van der Waals surface area contributed by atoms with Crippen LogP contribution in [0, 0.1) is 0 Å². The number of nitrogens with one attached hydrogen (secondary N) is 1. The number of hydrogen-bond donors (Lipinski definition) is 1. The van der Waals surface area contributed by atoms with E-state index in [0.717, 1.165) is 28.5 Å². The molecule has 0 aromatic heterocycles. The van der Waals surface area contributed by atoms with E-state index in [4.69, 9.17) is 4.74 Å². The van der Waals surface area contributed by atoms with Gasteiger partial charge in [-0.05, 0) is 34.4 Å². The molecular formula is C25H25F3N2O2. The lowest BCUT2D eigenvalue weighted by atomic mass is 10.0. The number of hydrogen-bond acceptors (Lipinski definition) is 3. The molecule has 0 saturated carbocycles. The third kappa shape index (κ3) is 5.29. The highest BCUT2D eigenvalue weighted by molar-refractivity contribution is 5.86. The van der Waals surface area contributed by atoms with E-state index in [1.165, 1.54) is 6.07 Å². The van der Waals surface area contributed by atoms with Crippen molar-refractivity contribution in [1.29, 1.82) is 0 Å². The molecule has 7 heteroatoms. The second kappa shape index (κ2) is 9.71. The highest BCUT2D eigenvalue weighted by Crippen LogP contribution is 2.30. The van der Waals surface area contributed by atoms with E-state index in [0.29, 0.717) is 31.7 Å². The molecule has 0 bridgehead atoms. The van der Waals surface area contributed by atoms with Gasteiger partial charge in [-0.3, -0.25) is 9.69 Å².